The monoisotopic (exact) mass is 440 g/mol. The molecule has 1 amide bonds. The number of benzene rings is 2. The first kappa shape index (κ1) is 22.3. The van der Waals surface area contributed by atoms with Crippen molar-refractivity contribution in [2.24, 2.45) is 0 Å². The van der Waals surface area contributed by atoms with Crippen LogP contribution in [0, 0.1) is 10.1 Å². The van der Waals surface area contributed by atoms with E-state index >= 15 is 0 Å². The van der Waals surface area contributed by atoms with Crippen molar-refractivity contribution in [2.45, 2.75) is 13.0 Å². The molecule has 1 aromatic heterocycles. The van der Waals surface area contributed by atoms with Gasteiger partial charge in [-0.15, -0.1) is 0 Å². The molecule has 0 saturated heterocycles. The Morgan fingerprint density at radius 1 is 1.09 bits per heavy atom. The highest BCUT2D eigenvalue weighted by molar-refractivity contribution is 5.98. The molecule has 0 aliphatic rings. The zero-order chi connectivity index (χ0) is 23.3. The molecule has 32 heavy (non-hydrogen) atoms. The van der Waals surface area contributed by atoms with Gasteiger partial charge in [-0.1, -0.05) is 18.2 Å². The quantitative estimate of drug-likeness (QED) is 0.321. The molecule has 0 spiro atoms. The molecular weight excluding hydrogens is 420 g/mol. The van der Waals surface area contributed by atoms with E-state index in [0.29, 0.717) is 5.69 Å². The van der Waals surface area contributed by atoms with Crippen molar-refractivity contribution < 1.29 is 28.7 Å². The molecule has 0 fully saturated rings. The predicted molar refractivity (Wildman–Crippen MR) is 113 cm³/mol. The standard InChI is InChI=1S/C21H20N4O7/c1-13(20(26)22-16-11-15(25(28)29)9-10-17(16)30-2)32-21(27)19-18(31-3)12-24(23-19)14-7-5-4-6-8-14/h4-13H,1-3H3,(H,22,26)/t13-/m0/s1. The number of ether oxygens (including phenoxy) is 3. The fraction of sp³-hybridized carbons (Fsp3) is 0.190. The van der Waals surface area contributed by atoms with Gasteiger partial charge in [0.1, 0.15) is 5.75 Å². The Balaban J connectivity index is 1.75. The lowest BCUT2D eigenvalue weighted by atomic mass is 10.2. The Morgan fingerprint density at radius 2 is 1.78 bits per heavy atom. The van der Waals surface area contributed by atoms with E-state index in [2.05, 4.69) is 10.4 Å². The summed E-state index contributed by atoms with van der Waals surface area (Å²) >= 11 is 0. The van der Waals surface area contributed by atoms with Crippen molar-refractivity contribution >= 4 is 23.3 Å². The van der Waals surface area contributed by atoms with E-state index in [0.717, 1.165) is 6.07 Å². The smallest absolute Gasteiger partial charge is 0.363 e. The van der Waals surface area contributed by atoms with Gasteiger partial charge in [0.05, 0.1) is 36.7 Å². The van der Waals surface area contributed by atoms with Crippen LogP contribution in [0.4, 0.5) is 11.4 Å². The summed E-state index contributed by atoms with van der Waals surface area (Å²) in [5.74, 6) is -1.19. The second-order valence-corrected chi connectivity index (χ2v) is 6.50. The van der Waals surface area contributed by atoms with Crippen LogP contribution >= 0.6 is 0 Å². The van der Waals surface area contributed by atoms with Gasteiger partial charge in [-0.05, 0) is 25.1 Å². The maximum atomic E-state index is 12.6. The van der Waals surface area contributed by atoms with Crippen LogP contribution in [0.3, 0.4) is 0 Å². The van der Waals surface area contributed by atoms with E-state index in [9.17, 15) is 19.7 Å². The number of carbonyl (C=O) groups is 2. The SMILES string of the molecule is COc1ccc([N+](=O)[O-])cc1NC(=O)[C@H](C)OC(=O)c1nn(-c2ccccc2)cc1OC. The lowest BCUT2D eigenvalue weighted by molar-refractivity contribution is -0.384. The number of hydrogen-bond acceptors (Lipinski definition) is 8. The molecule has 2 aromatic carbocycles. The normalized spacial score (nSPS) is 11.3. The number of esters is 1. The van der Waals surface area contributed by atoms with Crippen LogP contribution in [0.2, 0.25) is 0 Å². The van der Waals surface area contributed by atoms with Crippen LogP contribution < -0.4 is 14.8 Å². The van der Waals surface area contributed by atoms with Gasteiger partial charge < -0.3 is 19.5 Å². The van der Waals surface area contributed by atoms with Gasteiger partial charge in [-0.25, -0.2) is 9.48 Å². The maximum Gasteiger partial charge on any atom is 0.363 e. The average molecular weight is 440 g/mol. The van der Waals surface area contributed by atoms with E-state index in [1.54, 1.807) is 12.1 Å². The van der Waals surface area contributed by atoms with Gasteiger partial charge in [0.15, 0.2) is 11.9 Å². The lowest BCUT2D eigenvalue weighted by Gasteiger charge is -2.14. The van der Waals surface area contributed by atoms with E-state index in [1.165, 1.54) is 44.2 Å². The van der Waals surface area contributed by atoms with Gasteiger partial charge in [0, 0.05) is 12.1 Å². The van der Waals surface area contributed by atoms with Gasteiger partial charge in [-0.3, -0.25) is 14.9 Å². The third kappa shape index (κ3) is 4.83. The molecule has 0 aliphatic heterocycles. The maximum absolute atomic E-state index is 12.6. The average Bonchev–Trinajstić information content (AvgIpc) is 3.24. The minimum absolute atomic E-state index is 0.0699. The molecule has 1 N–H and O–H groups in total. The summed E-state index contributed by atoms with van der Waals surface area (Å²) in [6.45, 7) is 1.36. The number of para-hydroxylation sites is 1. The van der Waals surface area contributed by atoms with Gasteiger partial charge in [-0.2, -0.15) is 5.10 Å². The minimum atomic E-state index is -1.24. The van der Waals surface area contributed by atoms with Crippen molar-refractivity contribution in [2.75, 3.05) is 19.5 Å². The molecule has 0 saturated carbocycles. The Bertz CT molecular complexity index is 1140. The van der Waals surface area contributed by atoms with Crippen molar-refractivity contribution in [1.82, 2.24) is 9.78 Å². The van der Waals surface area contributed by atoms with Crippen LogP contribution in [0.25, 0.3) is 5.69 Å². The molecule has 0 aliphatic carbocycles. The largest absolute Gasteiger partial charge is 0.495 e. The number of methoxy groups -OCH3 is 2. The fourth-order valence-electron chi connectivity index (χ4n) is 2.77. The number of hydrogen-bond donors (Lipinski definition) is 1. The molecule has 1 heterocycles. The molecule has 1 atom stereocenters. The molecule has 11 nitrogen and oxygen atoms in total. The predicted octanol–water partition coefficient (Wildman–Crippen LogP) is 2.98. The first-order chi connectivity index (χ1) is 15.3. The number of anilines is 1. The lowest BCUT2D eigenvalue weighted by Crippen LogP contribution is -2.30. The topological polar surface area (TPSA) is 135 Å². The number of non-ortho nitro benzene ring substituents is 1. The molecule has 0 unspecified atom stereocenters. The summed E-state index contributed by atoms with van der Waals surface area (Å²) in [7, 11) is 2.74. The Kier molecular flexibility index (Phi) is 6.68. The summed E-state index contributed by atoms with van der Waals surface area (Å²) < 4.78 is 17.0. The van der Waals surface area contributed by atoms with Gasteiger partial charge >= 0.3 is 5.97 Å². The molecule has 166 valence electrons. The first-order valence-corrected chi connectivity index (χ1v) is 9.37. The number of nitrogens with one attached hydrogen (secondary N) is 1. The Labute approximate surface area is 182 Å². The highest BCUT2D eigenvalue weighted by atomic mass is 16.6. The van der Waals surface area contributed by atoms with E-state index in [4.69, 9.17) is 14.2 Å². The number of nitrogens with zero attached hydrogens (tertiary/aromatic N) is 3. The molecule has 11 heteroatoms. The van der Waals surface area contributed by atoms with Crippen LogP contribution in [0.5, 0.6) is 11.5 Å². The molecule has 0 bridgehead atoms. The second-order valence-electron chi connectivity index (χ2n) is 6.50. The van der Waals surface area contributed by atoms with Crippen LogP contribution in [0.1, 0.15) is 17.4 Å². The zero-order valence-corrected chi connectivity index (χ0v) is 17.5. The minimum Gasteiger partial charge on any atom is -0.495 e. The summed E-state index contributed by atoms with van der Waals surface area (Å²) in [5.41, 5.74) is 0.430. The van der Waals surface area contributed by atoms with Crippen molar-refractivity contribution in [3.63, 3.8) is 0 Å². The van der Waals surface area contributed by atoms with Crippen molar-refractivity contribution in [3.8, 4) is 17.2 Å². The molecule has 3 aromatic rings. The fourth-order valence-corrected chi connectivity index (χ4v) is 2.77. The van der Waals surface area contributed by atoms with E-state index in [-0.39, 0.29) is 28.6 Å². The second kappa shape index (κ2) is 9.60. The number of nitro benzene ring substituents is 1. The van der Waals surface area contributed by atoms with Crippen LogP contribution in [-0.2, 0) is 9.53 Å². The van der Waals surface area contributed by atoms with E-state index < -0.39 is 22.9 Å². The first-order valence-electron chi connectivity index (χ1n) is 9.37. The van der Waals surface area contributed by atoms with Gasteiger partial charge in [0.2, 0.25) is 5.69 Å². The highest BCUT2D eigenvalue weighted by Gasteiger charge is 2.26. The van der Waals surface area contributed by atoms with Gasteiger partial charge in [0.25, 0.3) is 11.6 Å². The molecule has 3 rings (SSSR count). The third-order valence-electron chi connectivity index (χ3n) is 4.42. The number of carbonyl (C=O) groups excluding carboxylic acids is 2. The number of amides is 1. The third-order valence-corrected chi connectivity index (χ3v) is 4.42. The van der Waals surface area contributed by atoms with Crippen LogP contribution in [0.15, 0.2) is 54.7 Å². The van der Waals surface area contributed by atoms with Crippen LogP contribution in [-0.4, -0.2) is 46.9 Å². The van der Waals surface area contributed by atoms with E-state index in [1.807, 2.05) is 18.2 Å². The zero-order valence-electron chi connectivity index (χ0n) is 17.5. The van der Waals surface area contributed by atoms with Crippen molar-refractivity contribution in [1.29, 1.82) is 0 Å². The summed E-state index contributed by atoms with van der Waals surface area (Å²) in [6.07, 6.45) is 0.281. The van der Waals surface area contributed by atoms with Crippen molar-refractivity contribution in [3.05, 3.63) is 70.5 Å². The summed E-state index contributed by atoms with van der Waals surface area (Å²) in [6, 6.07) is 12.8. The number of rotatable bonds is 8. The molecular formula is C21H20N4O7. The Hall–Kier alpha value is -4.41. The molecule has 0 radical (unpaired) electrons. The highest BCUT2D eigenvalue weighted by Crippen LogP contribution is 2.29. The number of nitro groups is 1. The summed E-state index contributed by atoms with van der Waals surface area (Å²) in [5, 5.41) is 17.7. The Morgan fingerprint density at radius 3 is 2.41 bits per heavy atom. The summed E-state index contributed by atoms with van der Waals surface area (Å²) in [4.78, 5) is 35.6. The number of aromatic nitrogens is 2.